The predicted octanol–water partition coefficient (Wildman–Crippen LogP) is 1.98. The minimum absolute atomic E-state index is 0.0353. The Bertz CT molecular complexity index is 718. The number of hydrogen-bond donors (Lipinski definition) is 1. The number of carbonyl (C=O) groups is 2. The van der Waals surface area contributed by atoms with Crippen molar-refractivity contribution < 1.29 is 27.3 Å². The minimum atomic E-state index is -4.44. The molecule has 0 radical (unpaired) electrons. The van der Waals surface area contributed by atoms with Crippen LogP contribution in [0.25, 0.3) is 0 Å². The topological polar surface area (TPSA) is 101 Å². The molecule has 3 atom stereocenters. The summed E-state index contributed by atoms with van der Waals surface area (Å²) in [5.74, 6) is -1.43. The van der Waals surface area contributed by atoms with E-state index in [0.717, 1.165) is 16.9 Å². The van der Waals surface area contributed by atoms with Gasteiger partial charge in [0.05, 0.1) is 6.42 Å². The maximum Gasteiger partial charge on any atom is 0.329 e. The van der Waals surface area contributed by atoms with Crippen molar-refractivity contribution in [3.8, 4) is 0 Å². The second kappa shape index (κ2) is 7.97. The smallest absolute Gasteiger partial charge is 0.329 e. The summed E-state index contributed by atoms with van der Waals surface area (Å²) in [6.07, 6.45) is 1.06. The van der Waals surface area contributed by atoms with Gasteiger partial charge in [0.1, 0.15) is 12.6 Å². The van der Waals surface area contributed by atoms with Crippen molar-refractivity contribution in [2.75, 3.05) is 0 Å². The number of β-lactam (4-membered cyclic amide) rings is 1. The van der Waals surface area contributed by atoms with E-state index in [-0.39, 0.29) is 18.9 Å². The first-order valence-electron chi connectivity index (χ1n) is 8.23. The van der Waals surface area contributed by atoms with Crippen LogP contribution in [0.5, 0.6) is 0 Å². The summed E-state index contributed by atoms with van der Waals surface area (Å²) in [4.78, 5) is 25.5. The van der Waals surface area contributed by atoms with E-state index in [9.17, 15) is 22.6 Å². The molecule has 138 valence electrons. The Morgan fingerprint density at radius 3 is 2.52 bits per heavy atom. The minimum Gasteiger partial charge on any atom is -0.459 e. The van der Waals surface area contributed by atoms with Gasteiger partial charge in [-0.1, -0.05) is 50.6 Å². The maximum absolute atomic E-state index is 12.6. The van der Waals surface area contributed by atoms with E-state index in [1.807, 2.05) is 25.1 Å². The average molecular weight is 369 g/mol. The van der Waals surface area contributed by atoms with Gasteiger partial charge >= 0.3 is 5.97 Å². The zero-order chi connectivity index (χ0) is 18.6. The third kappa shape index (κ3) is 4.58. The molecule has 7 nitrogen and oxygen atoms in total. The lowest BCUT2D eigenvalue weighted by Crippen LogP contribution is -2.64. The molecule has 8 heteroatoms. The van der Waals surface area contributed by atoms with Crippen LogP contribution >= 0.6 is 0 Å². The molecule has 1 aliphatic heterocycles. The Kier molecular flexibility index (Phi) is 6.18. The second-order valence-electron chi connectivity index (χ2n) is 6.28. The van der Waals surface area contributed by atoms with Crippen LogP contribution in [0.2, 0.25) is 0 Å². The highest BCUT2D eigenvalue weighted by Gasteiger charge is 2.51. The lowest BCUT2D eigenvalue weighted by Gasteiger charge is -2.44. The van der Waals surface area contributed by atoms with Crippen molar-refractivity contribution in [2.45, 2.75) is 51.1 Å². The van der Waals surface area contributed by atoms with Gasteiger partial charge in [-0.05, 0) is 17.9 Å². The molecule has 0 spiro atoms. The van der Waals surface area contributed by atoms with Gasteiger partial charge in [0.15, 0.2) is 5.37 Å². The summed E-state index contributed by atoms with van der Waals surface area (Å²) in [6.45, 7) is 3.74. The fraction of sp³-hybridized carbons (Fsp3) is 0.529. The molecule has 1 fully saturated rings. The van der Waals surface area contributed by atoms with E-state index in [1.165, 1.54) is 0 Å². The number of ether oxygens (including phenoxy) is 1. The summed E-state index contributed by atoms with van der Waals surface area (Å²) in [5.41, 5.74) is 0.791. The fourth-order valence-corrected chi connectivity index (χ4v) is 3.92. The number of amides is 1. The van der Waals surface area contributed by atoms with E-state index in [1.54, 1.807) is 19.1 Å². The van der Waals surface area contributed by atoms with Gasteiger partial charge in [0.2, 0.25) is 5.91 Å². The summed E-state index contributed by atoms with van der Waals surface area (Å²) < 4.78 is 37.5. The second-order valence-corrected chi connectivity index (χ2v) is 7.85. The average Bonchev–Trinajstić information content (AvgIpc) is 2.55. The van der Waals surface area contributed by atoms with E-state index >= 15 is 0 Å². The molecule has 0 aliphatic carbocycles. The molecule has 1 saturated heterocycles. The number of nitrogens with zero attached hydrogens (tertiary/aromatic N) is 1. The predicted molar refractivity (Wildman–Crippen MR) is 90.9 cm³/mol. The van der Waals surface area contributed by atoms with E-state index in [2.05, 4.69) is 0 Å². The third-order valence-electron chi connectivity index (χ3n) is 4.34. The molecule has 1 amide bonds. The molecule has 1 N–H and O–H groups in total. The van der Waals surface area contributed by atoms with Gasteiger partial charge in [0.25, 0.3) is 10.1 Å². The van der Waals surface area contributed by atoms with Crippen LogP contribution in [-0.4, -0.2) is 41.2 Å². The molecular weight excluding hydrogens is 346 g/mol. The van der Waals surface area contributed by atoms with Crippen LogP contribution in [0.3, 0.4) is 0 Å². The molecule has 0 bridgehead atoms. The number of esters is 1. The van der Waals surface area contributed by atoms with Crippen LogP contribution in [0.15, 0.2) is 30.3 Å². The Labute approximate surface area is 147 Å². The largest absolute Gasteiger partial charge is 0.459 e. The van der Waals surface area contributed by atoms with Crippen LogP contribution in [0.4, 0.5) is 0 Å². The summed E-state index contributed by atoms with van der Waals surface area (Å²) in [6, 6.07) is 8.03. The molecule has 1 aromatic rings. The van der Waals surface area contributed by atoms with Gasteiger partial charge in [-0.3, -0.25) is 9.35 Å². The molecule has 1 aliphatic rings. The number of benzene rings is 1. The highest BCUT2D eigenvalue weighted by molar-refractivity contribution is 7.86. The summed E-state index contributed by atoms with van der Waals surface area (Å²) in [5, 5.41) is -1.38. The number of likely N-dealkylation sites (tertiary alicyclic amines) is 1. The van der Waals surface area contributed by atoms with Crippen LogP contribution in [-0.2, 0) is 31.1 Å². The van der Waals surface area contributed by atoms with E-state index in [4.69, 9.17) is 4.74 Å². The third-order valence-corrected chi connectivity index (χ3v) is 5.42. The Morgan fingerprint density at radius 2 is 2.00 bits per heavy atom. The molecular formula is C17H23NO6S. The molecule has 2 rings (SSSR count). The van der Waals surface area contributed by atoms with Crippen molar-refractivity contribution >= 4 is 22.0 Å². The lowest BCUT2D eigenvalue weighted by atomic mass is 9.93. The summed E-state index contributed by atoms with van der Waals surface area (Å²) >= 11 is 0. The monoisotopic (exact) mass is 369 g/mol. The molecule has 0 saturated carbocycles. The van der Waals surface area contributed by atoms with Gasteiger partial charge in [0, 0.05) is 0 Å². The van der Waals surface area contributed by atoms with Crippen molar-refractivity contribution in [3.63, 3.8) is 0 Å². The number of carbonyl (C=O) groups excluding carboxylic acids is 2. The molecule has 1 heterocycles. The fourth-order valence-electron chi connectivity index (χ4n) is 3.03. The van der Waals surface area contributed by atoms with Crippen molar-refractivity contribution in [2.24, 2.45) is 5.92 Å². The van der Waals surface area contributed by atoms with E-state index < -0.39 is 33.4 Å². The lowest BCUT2D eigenvalue weighted by molar-refractivity contribution is -0.166. The van der Waals surface area contributed by atoms with Gasteiger partial charge in [-0.15, -0.1) is 0 Å². The van der Waals surface area contributed by atoms with Crippen LogP contribution < -0.4 is 0 Å². The zero-order valence-corrected chi connectivity index (χ0v) is 15.1. The molecule has 25 heavy (non-hydrogen) atoms. The number of hydrogen-bond acceptors (Lipinski definition) is 5. The molecule has 2 unspecified atom stereocenters. The molecule has 0 aromatic heterocycles. The van der Waals surface area contributed by atoms with Crippen LogP contribution in [0, 0.1) is 5.92 Å². The van der Waals surface area contributed by atoms with Gasteiger partial charge < -0.3 is 9.64 Å². The Morgan fingerprint density at radius 1 is 1.36 bits per heavy atom. The first-order chi connectivity index (χ1) is 11.8. The van der Waals surface area contributed by atoms with Gasteiger partial charge in [-0.25, -0.2) is 4.79 Å². The normalized spacial score (nSPS) is 19.9. The highest BCUT2D eigenvalue weighted by Crippen LogP contribution is 2.31. The molecule has 1 aromatic carbocycles. The Hall–Kier alpha value is -1.93. The zero-order valence-electron chi connectivity index (χ0n) is 14.3. The van der Waals surface area contributed by atoms with Crippen LogP contribution in [0.1, 0.15) is 38.7 Å². The summed E-state index contributed by atoms with van der Waals surface area (Å²) in [7, 11) is -4.44. The Balaban J connectivity index is 2.17. The van der Waals surface area contributed by atoms with Gasteiger partial charge in [-0.2, -0.15) is 8.42 Å². The SMILES string of the molecule is CCCC(C)C(C(=O)OCc1ccccc1)N1C(=O)C[C@H]1S(=O)(=O)O. The van der Waals surface area contributed by atoms with Crippen molar-refractivity contribution in [3.05, 3.63) is 35.9 Å². The van der Waals surface area contributed by atoms with Crippen molar-refractivity contribution in [1.82, 2.24) is 4.90 Å². The van der Waals surface area contributed by atoms with E-state index in [0.29, 0.717) is 6.42 Å². The first kappa shape index (κ1) is 19.4. The first-order valence-corrected chi connectivity index (χ1v) is 9.74. The highest BCUT2D eigenvalue weighted by atomic mass is 32.2. The standard InChI is InChI=1S/C17H23NO6S/c1-3-7-12(2)16(18-14(19)10-15(18)25(21,22)23)17(20)24-11-13-8-5-4-6-9-13/h4-6,8-9,12,15-16H,3,7,10-11H2,1-2H3,(H,21,22,23)/t12?,15-,16?/m1/s1. The van der Waals surface area contributed by atoms with Crippen molar-refractivity contribution in [1.29, 1.82) is 0 Å². The maximum atomic E-state index is 12.6. The quantitative estimate of drug-likeness (QED) is 0.427. The number of rotatable bonds is 8.